The van der Waals surface area contributed by atoms with Crippen LogP contribution in [0, 0.1) is 6.92 Å². The fourth-order valence-corrected chi connectivity index (χ4v) is 2.03. The van der Waals surface area contributed by atoms with E-state index in [1.165, 1.54) is 6.92 Å². The normalized spacial score (nSPS) is 10.2. The van der Waals surface area contributed by atoms with Crippen molar-refractivity contribution >= 4 is 11.7 Å². The zero-order valence-corrected chi connectivity index (χ0v) is 11.9. The molecule has 0 radical (unpaired) electrons. The number of rotatable bonds is 4. The molecule has 20 heavy (non-hydrogen) atoms. The van der Waals surface area contributed by atoms with Gasteiger partial charge in [-0.25, -0.2) is 0 Å². The number of hydrogen-bond acceptors (Lipinski definition) is 4. The molecule has 1 amide bonds. The summed E-state index contributed by atoms with van der Waals surface area (Å²) < 4.78 is 10.5. The van der Waals surface area contributed by atoms with Crippen molar-refractivity contribution in [1.29, 1.82) is 0 Å². The van der Waals surface area contributed by atoms with Gasteiger partial charge in [-0.15, -0.1) is 0 Å². The summed E-state index contributed by atoms with van der Waals surface area (Å²) in [5.74, 6) is 1.61. The van der Waals surface area contributed by atoms with E-state index in [0.717, 1.165) is 16.8 Å². The van der Waals surface area contributed by atoms with Crippen LogP contribution in [0.1, 0.15) is 12.6 Å². The van der Waals surface area contributed by atoms with Crippen molar-refractivity contribution in [2.24, 2.45) is 0 Å². The predicted octanol–water partition coefficient (Wildman–Crippen LogP) is 2.36. The first-order valence-corrected chi connectivity index (χ1v) is 6.11. The Labute approximate surface area is 117 Å². The Kier molecular flexibility index (Phi) is 3.93. The predicted molar refractivity (Wildman–Crippen MR) is 76.2 cm³/mol. The molecule has 0 unspecified atom stereocenters. The van der Waals surface area contributed by atoms with Crippen LogP contribution in [0.25, 0.3) is 11.1 Å². The molecule has 6 nitrogen and oxygen atoms in total. The second-order valence-electron chi connectivity index (χ2n) is 4.32. The Bertz CT molecular complexity index is 635. The Morgan fingerprint density at radius 3 is 2.55 bits per heavy atom. The van der Waals surface area contributed by atoms with Gasteiger partial charge in [0.05, 0.1) is 14.2 Å². The van der Waals surface area contributed by atoms with Gasteiger partial charge < -0.3 is 14.8 Å². The summed E-state index contributed by atoms with van der Waals surface area (Å²) in [5.41, 5.74) is 2.58. The summed E-state index contributed by atoms with van der Waals surface area (Å²) >= 11 is 0. The average molecular weight is 275 g/mol. The maximum atomic E-state index is 11.2. The van der Waals surface area contributed by atoms with Gasteiger partial charge in [0.25, 0.3) is 0 Å². The van der Waals surface area contributed by atoms with E-state index in [2.05, 4.69) is 15.5 Å². The molecule has 0 saturated carbocycles. The highest BCUT2D eigenvalue weighted by molar-refractivity contribution is 5.93. The van der Waals surface area contributed by atoms with Crippen molar-refractivity contribution in [2.75, 3.05) is 19.5 Å². The van der Waals surface area contributed by atoms with Crippen LogP contribution in [-0.2, 0) is 4.79 Å². The molecule has 106 valence electrons. The Morgan fingerprint density at radius 2 is 1.95 bits per heavy atom. The number of hydrogen-bond donors (Lipinski definition) is 2. The second kappa shape index (κ2) is 5.64. The number of nitrogens with one attached hydrogen (secondary N) is 2. The lowest BCUT2D eigenvalue weighted by Crippen LogP contribution is -2.07. The number of methoxy groups -OCH3 is 2. The van der Waals surface area contributed by atoms with Crippen molar-refractivity contribution in [3.05, 3.63) is 23.9 Å². The summed E-state index contributed by atoms with van der Waals surface area (Å²) in [5, 5.41) is 9.68. The minimum absolute atomic E-state index is 0.168. The number of benzene rings is 1. The van der Waals surface area contributed by atoms with Gasteiger partial charge >= 0.3 is 0 Å². The number of aryl methyl sites for hydroxylation is 1. The van der Waals surface area contributed by atoms with Crippen molar-refractivity contribution in [3.8, 4) is 22.6 Å². The van der Waals surface area contributed by atoms with Crippen LogP contribution in [-0.4, -0.2) is 30.3 Å². The summed E-state index contributed by atoms with van der Waals surface area (Å²) in [6.07, 6.45) is 0. The highest BCUT2D eigenvalue weighted by atomic mass is 16.5. The van der Waals surface area contributed by atoms with E-state index >= 15 is 0 Å². The Hall–Kier alpha value is -2.50. The highest BCUT2D eigenvalue weighted by Crippen LogP contribution is 2.36. The molecule has 0 aliphatic rings. The standard InChI is InChI=1S/C14H17N3O3/c1-8-13(14(17-16-8)15-9(2)18)10-5-6-11(19-3)12(7-10)20-4/h5-7H,1-4H3,(H2,15,16,17,18). The first-order chi connectivity index (χ1) is 9.56. The molecule has 2 rings (SSSR count). The molecule has 6 heteroatoms. The molecular formula is C14H17N3O3. The van der Waals surface area contributed by atoms with E-state index in [4.69, 9.17) is 9.47 Å². The summed E-state index contributed by atoms with van der Waals surface area (Å²) in [6.45, 7) is 3.34. The van der Waals surface area contributed by atoms with Crippen molar-refractivity contribution in [2.45, 2.75) is 13.8 Å². The third-order valence-corrected chi connectivity index (χ3v) is 2.91. The number of ether oxygens (including phenoxy) is 2. The zero-order chi connectivity index (χ0) is 14.7. The number of aromatic amines is 1. The minimum atomic E-state index is -0.168. The van der Waals surface area contributed by atoms with Crippen LogP contribution in [0.15, 0.2) is 18.2 Å². The number of H-pyrrole nitrogens is 1. The first kappa shape index (κ1) is 13.9. The van der Waals surface area contributed by atoms with Crippen LogP contribution in [0.5, 0.6) is 11.5 Å². The molecule has 2 N–H and O–H groups in total. The van der Waals surface area contributed by atoms with E-state index < -0.39 is 0 Å². The molecule has 0 spiro atoms. The average Bonchev–Trinajstić information content (AvgIpc) is 2.78. The second-order valence-corrected chi connectivity index (χ2v) is 4.32. The molecule has 0 aliphatic carbocycles. The van der Waals surface area contributed by atoms with Gasteiger partial charge in [-0.3, -0.25) is 9.89 Å². The molecule has 1 heterocycles. The van der Waals surface area contributed by atoms with Gasteiger partial charge in [-0.2, -0.15) is 5.10 Å². The third-order valence-electron chi connectivity index (χ3n) is 2.91. The van der Waals surface area contributed by atoms with Crippen molar-refractivity contribution < 1.29 is 14.3 Å². The fourth-order valence-electron chi connectivity index (χ4n) is 2.03. The van der Waals surface area contributed by atoms with Crippen molar-refractivity contribution in [3.63, 3.8) is 0 Å². The quantitative estimate of drug-likeness (QED) is 0.898. The van der Waals surface area contributed by atoms with E-state index in [1.54, 1.807) is 14.2 Å². The van der Waals surface area contributed by atoms with Gasteiger partial charge in [0, 0.05) is 18.2 Å². The maximum Gasteiger partial charge on any atom is 0.222 e. The topological polar surface area (TPSA) is 76.2 Å². The number of aromatic nitrogens is 2. The Balaban J connectivity index is 2.51. The lowest BCUT2D eigenvalue weighted by Gasteiger charge is -2.10. The first-order valence-electron chi connectivity index (χ1n) is 6.11. The van der Waals surface area contributed by atoms with E-state index in [-0.39, 0.29) is 5.91 Å². The SMILES string of the molecule is COc1ccc(-c2c(NC(C)=O)n[nH]c2C)cc1OC. The van der Waals surface area contributed by atoms with Crippen LogP contribution < -0.4 is 14.8 Å². The number of nitrogens with zero attached hydrogens (tertiary/aromatic N) is 1. The lowest BCUT2D eigenvalue weighted by molar-refractivity contribution is -0.114. The summed E-state index contributed by atoms with van der Waals surface area (Å²) in [6, 6.07) is 5.56. The molecule has 0 aliphatic heterocycles. The van der Waals surface area contributed by atoms with Crippen LogP contribution >= 0.6 is 0 Å². The van der Waals surface area contributed by atoms with Gasteiger partial charge in [-0.1, -0.05) is 6.07 Å². The monoisotopic (exact) mass is 275 g/mol. The van der Waals surface area contributed by atoms with Gasteiger partial charge in [0.2, 0.25) is 5.91 Å². The largest absolute Gasteiger partial charge is 0.493 e. The van der Waals surface area contributed by atoms with Gasteiger partial charge in [0.1, 0.15) is 0 Å². The maximum absolute atomic E-state index is 11.2. The molecule has 1 aromatic heterocycles. The Morgan fingerprint density at radius 1 is 1.25 bits per heavy atom. The van der Waals surface area contributed by atoms with Crippen LogP contribution in [0.2, 0.25) is 0 Å². The smallest absolute Gasteiger partial charge is 0.222 e. The molecule has 1 aromatic carbocycles. The zero-order valence-electron chi connectivity index (χ0n) is 11.9. The van der Waals surface area contributed by atoms with E-state index in [9.17, 15) is 4.79 Å². The van der Waals surface area contributed by atoms with Crippen LogP contribution in [0.3, 0.4) is 0 Å². The number of carbonyl (C=O) groups excluding carboxylic acids is 1. The molecule has 0 saturated heterocycles. The summed E-state index contributed by atoms with van der Waals surface area (Å²) in [7, 11) is 3.17. The van der Waals surface area contributed by atoms with E-state index in [0.29, 0.717) is 17.3 Å². The number of amides is 1. The third kappa shape index (κ3) is 2.59. The molecular weight excluding hydrogens is 258 g/mol. The summed E-state index contributed by atoms with van der Waals surface area (Å²) in [4.78, 5) is 11.2. The van der Waals surface area contributed by atoms with Gasteiger partial charge in [-0.05, 0) is 24.6 Å². The molecule has 0 fully saturated rings. The fraction of sp³-hybridized carbons (Fsp3) is 0.286. The molecule has 0 bridgehead atoms. The molecule has 2 aromatic rings. The lowest BCUT2D eigenvalue weighted by atomic mass is 10.0. The van der Waals surface area contributed by atoms with Crippen LogP contribution in [0.4, 0.5) is 5.82 Å². The highest BCUT2D eigenvalue weighted by Gasteiger charge is 2.15. The van der Waals surface area contributed by atoms with Crippen molar-refractivity contribution in [1.82, 2.24) is 10.2 Å². The van der Waals surface area contributed by atoms with Gasteiger partial charge in [0.15, 0.2) is 17.3 Å². The number of carbonyl (C=O) groups is 1. The minimum Gasteiger partial charge on any atom is -0.493 e. The van der Waals surface area contributed by atoms with E-state index in [1.807, 2.05) is 25.1 Å². The number of anilines is 1. The molecule has 0 atom stereocenters.